The second-order valence-corrected chi connectivity index (χ2v) is 6.47. The fourth-order valence-electron chi connectivity index (χ4n) is 2.08. The zero-order valence-electron chi connectivity index (χ0n) is 11.5. The van der Waals surface area contributed by atoms with Crippen LogP contribution in [0.5, 0.6) is 0 Å². The molecule has 0 bridgehead atoms. The van der Waals surface area contributed by atoms with Gasteiger partial charge in [0.1, 0.15) is 5.70 Å². The Bertz CT molecular complexity index is 620. The van der Waals surface area contributed by atoms with Crippen LogP contribution in [0.25, 0.3) is 0 Å². The average molecular weight is 336 g/mol. The van der Waals surface area contributed by atoms with E-state index in [1.165, 1.54) is 21.3 Å². The predicted octanol–water partition coefficient (Wildman–Crippen LogP) is -0.435. The van der Waals surface area contributed by atoms with Crippen molar-refractivity contribution in [1.82, 2.24) is 25.1 Å². The van der Waals surface area contributed by atoms with Gasteiger partial charge in [-0.15, -0.1) is 16.9 Å². The van der Waals surface area contributed by atoms with Crippen molar-refractivity contribution in [2.45, 2.75) is 17.0 Å². The first-order valence-electron chi connectivity index (χ1n) is 5.82. The smallest absolute Gasteiger partial charge is 0.352 e. The Kier molecular flexibility index (Phi) is 5.36. The van der Waals surface area contributed by atoms with Crippen LogP contribution in [0.3, 0.4) is 0 Å². The third kappa shape index (κ3) is 3.14. The number of aliphatic carboxylic acids is 1. The Labute approximate surface area is 151 Å². The monoisotopic (exact) mass is 336 g/mol. The van der Waals surface area contributed by atoms with Crippen LogP contribution < -0.4 is 0 Å². The van der Waals surface area contributed by atoms with Gasteiger partial charge in [0.05, 0.1) is 11.8 Å². The fourth-order valence-corrected chi connectivity index (χ4v) is 4.34. The van der Waals surface area contributed by atoms with Gasteiger partial charge in [-0.05, 0) is 16.0 Å². The zero-order valence-corrected chi connectivity index (χ0v) is 15.1. The minimum absolute atomic E-state index is 0. The molecule has 0 aliphatic carbocycles. The minimum atomic E-state index is -1.05. The molecule has 1 aromatic heterocycles. The molecule has 11 heteroatoms. The van der Waals surface area contributed by atoms with Gasteiger partial charge in [0.15, 0.2) is 0 Å². The quantitative estimate of drug-likeness (QED) is 0.449. The van der Waals surface area contributed by atoms with E-state index in [1.807, 2.05) is 0 Å². The number of carboxylic acid groups (broad SMARTS) is 1. The van der Waals surface area contributed by atoms with Crippen molar-refractivity contribution in [1.29, 1.82) is 0 Å². The molecule has 0 saturated carbocycles. The van der Waals surface area contributed by atoms with Crippen molar-refractivity contribution in [2.75, 3.05) is 11.5 Å². The maximum atomic E-state index is 11.6. The van der Waals surface area contributed by atoms with E-state index >= 15 is 0 Å². The second kappa shape index (κ2) is 6.69. The van der Waals surface area contributed by atoms with E-state index in [9.17, 15) is 14.7 Å². The fraction of sp³-hybridized carbons (Fsp3) is 0.500. The molecule has 1 unspecified atom stereocenters. The standard InChI is InChI=1S/C10H11N5O3S2.Na/c1-14-10(11-12-13-14)20-4-5-3-19-7-2-6(16)15(7)8(5)9(17)18;/h7H,2-4H2,1H3,(H,17,18);. The summed E-state index contributed by atoms with van der Waals surface area (Å²) in [5, 5.41) is 21.0. The van der Waals surface area contributed by atoms with E-state index < -0.39 is 5.97 Å². The molecule has 1 atom stereocenters. The molecule has 1 saturated heterocycles. The van der Waals surface area contributed by atoms with Gasteiger partial charge >= 0.3 is 5.97 Å². The largest absolute Gasteiger partial charge is 0.477 e. The summed E-state index contributed by atoms with van der Waals surface area (Å²) >= 11 is 2.96. The Balaban J connectivity index is 0.00000161. The molecular weight excluding hydrogens is 325 g/mol. The summed E-state index contributed by atoms with van der Waals surface area (Å²) in [6.07, 6.45) is 0.426. The Hall–Kier alpha value is -0.550. The van der Waals surface area contributed by atoms with Crippen molar-refractivity contribution in [3.63, 3.8) is 0 Å². The molecule has 1 amide bonds. The number of amides is 1. The van der Waals surface area contributed by atoms with Crippen LogP contribution >= 0.6 is 23.5 Å². The maximum absolute atomic E-state index is 11.6. The molecule has 0 spiro atoms. The van der Waals surface area contributed by atoms with E-state index in [4.69, 9.17) is 0 Å². The molecule has 1 N–H and O–H groups in total. The molecule has 107 valence electrons. The summed E-state index contributed by atoms with van der Waals surface area (Å²) in [6, 6.07) is 0. The van der Waals surface area contributed by atoms with Crippen molar-refractivity contribution in [3.8, 4) is 0 Å². The molecule has 21 heavy (non-hydrogen) atoms. The number of rotatable bonds is 4. The SMILES string of the molecule is Cn1nnnc1SCC1=C(C(=O)O)N2C(=O)CC2SC1.[Na]. The van der Waals surface area contributed by atoms with E-state index in [0.29, 0.717) is 23.1 Å². The van der Waals surface area contributed by atoms with Crippen LogP contribution in [-0.4, -0.2) is 88.5 Å². The van der Waals surface area contributed by atoms with E-state index in [0.717, 1.165) is 5.57 Å². The number of β-lactam (4-membered cyclic amide) rings is 1. The average Bonchev–Trinajstić information content (AvgIpc) is 2.80. The summed E-state index contributed by atoms with van der Waals surface area (Å²) in [6.45, 7) is 0. The number of nitrogens with zero attached hydrogens (tertiary/aromatic N) is 5. The van der Waals surface area contributed by atoms with E-state index in [2.05, 4.69) is 15.5 Å². The van der Waals surface area contributed by atoms with Gasteiger partial charge in [-0.1, -0.05) is 11.8 Å². The topological polar surface area (TPSA) is 101 Å². The third-order valence-corrected chi connectivity index (χ3v) is 5.47. The summed E-state index contributed by atoms with van der Waals surface area (Å²) in [5.41, 5.74) is 0.868. The van der Waals surface area contributed by atoms with Crippen LogP contribution in [0.1, 0.15) is 6.42 Å². The first-order chi connectivity index (χ1) is 9.58. The molecule has 3 heterocycles. The molecule has 2 aliphatic heterocycles. The minimum Gasteiger partial charge on any atom is -0.477 e. The van der Waals surface area contributed by atoms with Crippen LogP contribution in [0.15, 0.2) is 16.4 Å². The summed E-state index contributed by atoms with van der Waals surface area (Å²) in [7, 11) is 1.72. The molecule has 2 aliphatic rings. The van der Waals surface area contributed by atoms with Crippen molar-refractivity contribution in [3.05, 3.63) is 11.3 Å². The van der Waals surface area contributed by atoms with Gasteiger partial charge in [0.2, 0.25) is 11.1 Å². The number of carbonyl (C=O) groups is 2. The molecule has 1 fully saturated rings. The van der Waals surface area contributed by atoms with Crippen LogP contribution in [0.4, 0.5) is 0 Å². The molecule has 1 aromatic rings. The number of carboxylic acids is 1. The zero-order chi connectivity index (χ0) is 14.3. The number of aromatic nitrogens is 4. The Morgan fingerprint density at radius 1 is 1.57 bits per heavy atom. The molecule has 0 aromatic carbocycles. The van der Waals surface area contributed by atoms with E-state index in [-0.39, 0.29) is 46.5 Å². The number of carbonyl (C=O) groups excluding carboxylic acids is 1. The van der Waals surface area contributed by atoms with Gasteiger partial charge in [-0.3, -0.25) is 9.69 Å². The Morgan fingerprint density at radius 2 is 2.33 bits per heavy atom. The molecule has 8 nitrogen and oxygen atoms in total. The van der Waals surface area contributed by atoms with Crippen LogP contribution in [-0.2, 0) is 16.6 Å². The Morgan fingerprint density at radius 3 is 2.90 bits per heavy atom. The van der Waals surface area contributed by atoms with Gasteiger partial charge < -0.3 is 5.11 Å². The maximum Gasteiger partial charge on any atom is 0.352 e. The van der Waals surface area contributed by atoms with Gasteiger partial charge in [0, 0.05) is 48.1 Å². The number of thioether (sulfide) groups is 2. The first kappa shape index (κ1) is 16.8. The number of hydrogen-bond acceptors (Lipinski definition) is 7. The second-order valence-electron chi connectivity index (χ2n) is 4.36. The number of hydrogen-bond donors (Lipinski definition) is 1. The van der Waals surface area contributed by atoms with Crippen molar-refractivity contribution < 1.29 is 14.7 Å². The van der Waals surface area contributed by atoms with Gasteiger partial charge in [-0.25, -0.2) is 9.48 Å². The molecule has 1 radical (unpaired) electrons. The molecule has 3 rings (SSSR count). The van der Waals surface area contributed by atoms with E-state index in [1.54, 1.807) is 18.8 Å². The molecular formula is C10H11N5NaO3S2. The number of tetrazole rings is 1. The van der Waals surface area contributed by atoms with Crippen LogP contribution in [0.2, 0.25) is 0 Å². The van der Waals surface area contributed by atoms with Crippen molar-refractivity contribution >= 4 is 65.0 Å². The summed E-state index contributed by atoms with van der Waals surface area (Å²) < 4.78 is 1.53. The number of fused-ring (bicyclic) bond motifs is 1. The third-order valence-electron chi connectivity index (χ3n) is 3.09. The van der Waals surface area contributed by atoms with Gasteiger partial charge in [0.25, 0.3) is 0 Å². The first-order valence-corrected chi connectivity index (χ1v) is 7.85. The summed E-state index contributed by atoms with van der Waals surface area (Å²) in [4.78, 5) is 24.4. The predicted molar refractivity (Wildman–Crippen MR) is 77.6 cm³/mol. The normalized spacial score (nSPS) is 20.7. The summed E-state index contributed by atoms with van der Waals surface area (Å²) in [5.74, 6) is -0.0919. The van der Waals surface area contributed by atoms with Crippen molar-refractivity contribution in [2.24, 2.45) is 7.05 Å². The number of aryl methyl sites for hydroxylation is 1. The van der Waals surface area contributed by atoms with Gasteiger partial charge in [-0.2, -0.15) is 0 Å². The van der Waals surface area contributed by atoms with Crippen LogP contribution in [0, 0.1) is 0 Å².